The van der Waals surface area contributed by atoms with Gasteiger partial charge in [-0.3, -0.25) is 14.5 Å². The minimum atomic E-state index is -4.50. The van der Waals surface area contributed by atoms with Crippen molar-refractivity contribution in [1.82, 2.24) is 0 Å². The maximum Gasteiger partial charge on any atom is 0.422 e. The van der Waals surface area contributed by atoms with E-state index in [-0.39, 0.29) is 11.3 Å². The van der Waals surface area contributed by atoms with Crippen LogP contribution in [0.2, 0.25) is 0 Å². The molecule has 7 nitrogen and oxygen atoms in total. The quantitative estimate of drug-likeness (QED) is 0.534. The Balaban J connectivity index is 1.61. The van der Waals surface area contributed by atoms with E-state index in [0.29, 0.717) is 41.5 Å². The van der Waals surface area contributed by atoms with E-state index in [1.807, 2.05) is 0 Å². The molecule has 0 spiro atoms. The summed E-state index contributed by atoms with van der Waals surface area (Å²) in [5.74, 6) is -1.78. The second-order valence-corrected chi connectivity index (χ2v) is 8.32. The normalized spacial score (nSPS) is 19.0. The zero-order valence-corrected chi connectivity index (χ0v) is 18.7. The summed E-state index contributed by atoms with van der Waals surface area (Å²) >= 11 is 0. The van der Waals surface area contributed by atoms with Gasteiger partial charge in [-0.1, -0.05) is 24.3 Å². The van der Waals surface area contributed by atoms with Crippen LogP contribution in [0.5, 0.6) is 17.2 Å². The summed E-state index contributed by atoms with van der Waals surface area (Å²) in [7, 11) is 0. The molecule has 1 N–H and O–H groups in total. The summed E-state index contributed by atoms with van der Waals surface area (Å²) in [5.41, 5.74) is 1.42. The number of carbonyl (C=O) groups is 2. The van der Waals surface area contributed by atoms with Gasteiger partial charge in [-0.05, 0) is 53.6 Å². The first-order chi connectivity index (χ1) is 17.2. The fourth-order valence-corrected chi connectivity index (χ4v) is 4.54. The summed E-state index contributed by atoms with van der Waals surface area (Å²) in [6, 6.07) is 16.0. The number of hydrogen-bond acceptors (Lipinski definition) is 5. The molecule has 2 heterocycles. The minimum Gasteiger partial charge on any atom is -0.486 e. The van der Waals surface area contributed by atoms with Crippen LogP contribution in [-0.4, -0.2) is 43.0 Å². The van der Waals surface area contributed by atoms with Crippen LogP contribution in [0.1, 0.15) is 33.4 Å². The van der Waals surface area contributed by atoms with Crippen LogP contribution >= 0.6 is 0 Å². The second-order valence-electron chi connectivity index (χ2n) is 8.32. The van der Waals surface area contributed by atoms with Crippen molar-refractivity contribution in [2.45, 2.75) is 18.1 Å². The predicted molar refractivity (Wildman–Crippen MR) is 122 cm³/mol. The topological polar surface area (TPSA) is 85.3 Å². The number of nitrogens with zero attached hydrogens (tertiary/aromatic N) is 1. The van der Waals surface area contributed by atoms with E-state index in [0.717, 1.165) is 0 Å². The lowest BCUT2D eigenvalue weighted by Crippen LogP contribution is -2.45. The second kappa shape index (κ2) is 9.10. The number of anilines is 1. The number of rotatable bonds is 5. The van der Waals surface area contributed by atoms with Gasteiger partial charge in [0.1, 0.15) is 24.9 Å². The number of alkyl halides is 3. The molecule has 1 amide bonds. The summed E-state index contributed by atoms with van der Waals surface area (Å²) < 4.78 is 53.6. The van der Waals surface area contributed by atoms with Crippen molar-refractivity contribution in [3.63, 3.8) is 0 Å². The Morgan fingerprint density at radius 3 is 2.39 bits per heavy atom. The predicted octanol–water partition coefficient (Wildman–Crippen LogP) is 4.97. The van der Waals surface area contributed by atoms with Crippen molar-refractivity contribution >= 4 is 17.6 Å². The Kier molecular flexibility index (Phi) is 5.95. The van der Waals surface area contributed by atoms with Crippen molar-refractivity contribution in [2.24, 2.45) is 0 Å². The Morgan fingerprint density at radius 1 is 1.00 bits per heavy atom. The summed E-state index contributed by atoms with van der Waals surface area (Å²) in [5, 5.41) is 10.3. The third kappa shape index (κ3) is 4.41. The molecule has 0 saturated carbocycles. The number of carbonyl (C=O) groups excluding carboxylic acids is 1. The molecule has 2 aliphatic heterocycles. The van der Waals surface area contributed by atoms with Gasteiger partial charge >= 0.3 is 12.1 Å². The Hall–Kier alpha value is -4.21. The Labute approximate surface area is 203 Å². The Bertz CT molecular complexity index is 1310. The molecule has 0 aromatic heterocycles. The average molecular weight is 499 g/mol. The van der Waals surface area contributed by atoms with Crippen molar-refractivity contribution in [3.05, 3.63) is 83.4 Å². The molecule has 0 fully saturated rings. The third-order valence-corrected chi connectivity index (χ3v) is 6.03. The lowest BCUT2D eigenvalue weighted by Gasteiger charge is -2.41. The highest BCUT2D eigenvalue weighted by atomic mass is 19.4. The SMILES string of the molecule is O=C(O)C1c2ccccc2C(=O)N(c2ccc(OCC(F)(F)F)cc2)C1c1ccc2c(c1)OCCO2. The van der Waals surface area contributed by atoms with Gasteiger partial charge in [0.2, 0.25) is 0 Å². The number of ether oxygens (including phenoxy) is 3. The molecule has 0 saturated heterocycles. The lowest BCUT2D eigenvalue weighted by molar-refractivity contribution is -0.153. The molecule has 0 aliphatic carbocycles. The number of halogens is 3. The van der Waals surface area contributed by atoms with E-state index in [1.54, 1.807) is 42.5 Å². The highest BCUT2D eigenvalue weighted by molar-refractivity contribution is 6.11. The number of aliphatic carboxylic acids is 1. The van der Waals surface area contributed by atoms with E-state index in [4.69, 9.17) is 14.2 Å². The van der Waals surface area contributed by atoms with Gasteiger partial charge in [-0.2, -0.15) is 13.2 Å². The molecule has 3 aromatic rings. The van der Waals surface area contributed by atoms with Gasteiger partial charge in [-0.15, -0.1) is 0 Å². The Morgan fingerprint density at radius 2 is 1.69 bits per heavy atom. The monoisotopic (exact) mass is 499 g/mol. The van der Waals surface area contributed by atoms with Gasteiger partial charge in [0, 0.05) is 11.3 Å². The lowest BCUT2D eigenvalue weighted by atomic mass is 9.79. The summed E-state index contributed by atoms with van der Waals surface area (Å²) in [6.07, 6.45) is -4.50. The molecule has 2 atom stereocenters. The van der Waals surface area contributed by atoms with Crippen molar-refractivity contribution < 1.29 is 42.1 Å². The maximum atomic E-state index is 13.7. The fraction of sp³-hybridized carbons (Fsp3) is 0.231. The maximum absolute atomic E-state index is 13.7. The van der Waals surface area contributed by atoms with Gasteiger partial charge < -0.3 is 19.3 Å². The molecule has 36 heavy (non-hydrogen) atoms. The van der Waals surface area contributed by atoms with Crippen LogP contribution < -0.4 is 19.1 Å². The number of carboxylic acids is 1. The van der Waals surface area contributed by atoms with Crippen LogP contribution in [-0.2, 0) is 4.79 Å². The smallest absolute Gasteiger partial charge is 0.422 e. The number of benzene rings is 3. The van der Waals surface area contributed by atoms with Crippen molar-refractivity contribution in [1.29, 1.82) is 0 Å². The third-order valence-electron chi connectivity index (χ3n) is 6.03. The number of amides is 1. The van der Waals surface area contributed by atoms with Gasteiger partial charge in [0.05, 0.1) is 6.04 Å². The zero-order valence-electron chi connectivity index (χ0n) is 18.7. The van der Waals surface area contributed by atoms with Crippen LogP contribution in [0.15, 0.2) is 66.7 Å². The van der Waals surface area contributed by atoms with Crippen LogP contribution in [0.3, 0.4) is 0 Å². The van der Waals surface area contributed by atoms with Crippen molar-refractivity contribution in [3.8, 4) is 17.2 Å². The molecule has 2 unspecified atom stereocenters. The molecule has 186 valence electrons. The van der Waals surface area contributed by atoms with E-state index >= 15 is 0 Å². The molecule has 5 rings (SSSR count). The molecule has 10 heteroatoms. The van der Waals surface area contributed by atoms with Gasteiger partial charge in [0.15, 0.2) is 18.1 Å². The molecule has 0 radical (unpaired) electrons. The van der Waals surface area contributed by atoms with Crippen LogP contribution in [0.25, 0.3) is 0 Å². The molecule has 3 aromatic carbocycles. The standard InChI is InChI=1S/C26H20F3NO6/c27-26(28,29)14-36-17-8-6-16(7-9-17)30-23(15-5-10-20-21(13-15)35-12-11-34-20)22(25(32)33)18-3-1-2-4-19(18)24(30)31/h1-10,13,22-23H,11-12,14H2,(H,32,33). The first-order valence-corrected chi connectivity index (χ1v) is 11.1. The molecule has 0 bridgehead atoms. The van der Waals surface area contributed by atoms with E-state index in [1.165, 1.54) is 29.2 Å². The van der Waals surface area contributed by atoms with Crippen molar-refractivity contribution in [2.75, 3.05) is 24.7 Å². The molecular weight excluding hydrogens is 479 g/mol. The summed E-state index contributed by atoms with van der Waals surface area (Å²) in [6.45, 7) is -0.744. The summed E-state index contributed by atoms with van der Waals surface area (Å²) in [4.78, 5) is 27.6. The zero-order chi connectivity index (χ0) is 25.4. The minimum absolute atomic E-state index is 0.0356. The average Bonchev–Trinajstić information content (AvgIpc) is 2.87. The largest absolute Gasteiger partial charge is 0.486 e. The number of fused-ring (bicyclic) bond motifs is 2. The van der Waals surface area contributed by atoms with E-state index in [9.17, 15) is 27.9 Å². The first kappa shape index (κ1) is 23.5. The van der Waals surface area contributed by atoms with Gasteiger partial charge in [0.25, 0.3) is 5.91 Å². The van der Waals surface area contributed by atoms with Gasteiger partial charge in [-0.25, -0.2) is 0 Å². The van der Waals surface area contributed by atoms with Crippen LogP contribution in [0.4, 0.5) is 18.9 Å². The fourth-order valence-electron chi connectivity index (χ4n) is 4.54. The van der Waals surface area contributed by atoms with Crippen LogP contribution in [0, 0.1) is 0 Å². The highest BCUT2D eigenvalue weighted by Gasteiger charge is 2.45. The van der Waals surface area contributed by atoms with E-state index in [2.05, 4.69) is 0 Å². The number of carboxylic acid groups (broad SMARTS) is 1. The highest BCUT2D eigenvalue weighted by Crippen LogP contribution is 2.47. The van der Waals surface area contributed by atoms with E-state index < -0.39 is 36.6 Å². The molecule has 2 aliphatic rings. The molecular formula is C26H20F3NO6. The number of hydrogen-bond donors (Lipinski definition) is 1. The first-order valence-electron chi connectivity index (χ1n) is 11.1.